The molecule has 3 fully saturated rings. The lowest BCUT2D eigenvalue weighted by Crippen LogP contribution is -2.68. The van der Waals surface area contributed by atoms with E-state index >= 15 is 0 Å². The summed E-state index contributed by atoms with van der Waals surface area (Å²) in [5, 5.41) is 0. The SMILES string of the molecule is CCOC12C=C[C@]1(CC=O)C(CCC1=CC3CCC(C)(C)C34C(F)[C@@H]14)C2. The minimum atomic E-state index is -0.624. The molecule has 2 nitrogen and oxygen atoms in total. The predicted octanol–water partition coefficient (Wildman–Crippen LogP) is 5.04. The minimum Gasteiger partial charge on any atom is -0.370 e. The van der Waals surface area contributed by atoms with Gasteiger partial charge in [-0.15, -0.1) is 0 Å². The van der Waals surface area contributed by atoms with Crippen LogP contribution < -0.4 is 0 Å². The number of hydrogen-bond acceptors (Lipinski definition) is 2. The maximum absolute atomic E-state index is 14.9. The normalized spacial score (nSPS) is 51.6. The maximum Gasteiger partial charge on any atom is 0.120 e. The van der Waals surface area contributed by atoms with E-state index in [1.807, 2.05) is 6.92 Å². The number of carbonyl (C=O) groups is 1. The van der Waals surface area contributed by atoms with Gasteiger partial charge in [0, 0.05) is 29.8 Å². The number of aldehydes is 1. The average Bonchev–Trinajstić information content (AvgIpc) is 2.95. The summed E-state index contributed by atoms with van der Waals surface area (Å²) in [7, 11) is 0. The second kappa shape index (κ2) is 5.10. The summed E-state index contributed by atoms with van der Waals surface area (Å²) in [6.07, 6.45) is 13.2. The van der Waals surface area contributed by atoms with Crippen molar-refractivity contribution in [2.75, 3.05) is 6.61 Å². The lowest BCUT2D eigenvalue weighted by atomic mass is 9.42. The molecule has 5 rings (SSSR count). The Morgan fingerprint density at radius 2 is 2.15 bits per heavy atom. The molecular formula is C23H31FO2. The first kappa shape index (κ1) is 17.2. The first-order chi connectivity index (χ1) is 12.4. The fraction of sp³-hybridized carbons (Fsp3) is 0.783. The van der Waals surface area contributed by atoms with Crippen LogP contribution >= 0.6 is 0 Å². The molecule has 0 aromatic carbocycles. The summed E-state index contributed by atoms with van der Waals surface area (Å²) in [4.78, 5) is 11.3. The average molecular weight is 358 g/mol. The first-order valence-corrected chi connectivity index (χ1v) is 10.5. The fourth-order valence-corrected chi connectivity index (χ4v) is 7.77. The Bertz CT molecular complexity index is 709. The molecule has 0 N–H and O–H groups in total. The highest BCUT2D eigenvalue weighted by Crippen LogP contribution is 2.80. The highest BCUT2D eigenvalue weighted by atomic mass is 19.1. The van der Waals surface area contributed by atoms with Gasteiger partial charge in [0.2, 0.25) is 0 Å². The van der Waals surface area contributed by atoms with E-state index in [9.17, 15) is 9.18 Å². The van der Waals surface area contributed by atoms with Crippen molar-refractivity contribution in [1.82, 2.24) is 0 Å². The van der Waals surface area contributed by atoms with Crippen LogP contribution in [-0.4, -0.2) is 24.7 Å². The first-order valence-electron chi connectivity index (χ1n) is 10.5. The molecule has 1 spiro atoms. The third-order valence-corrected chi connectivity index (χ3v) is 9.16. The van der Waals surface area contributed by atoms with Crippen LogP contribution in [0.25, 0.3) is 0 Å². The summed E-state index contributed by atoms with van der Waals surface area (Å²) in [5.41, 5.74) is 1.16. The third kappa shape index (κ3) is 1.66. The third-order valence-electron chi connectivity index (χ3n) is 9.16. The van der Waals surface area contributed by atoms with Gasteiger partial charge in [-0.05, 0) is 56.3 Å². The zero-order valence-electron chi connectivity index (χ0n) is 16.3. The van der Waals surface area contributed by atoms with E-state index in [0.29, 0.717) is 24.9 Å². The Morgan fingerprint density at radius 1 is 1.35 bits per heavy atom. The molecule has 26 heavy (non-hydrogen) atoms. The van der Waals surface area contributed by atoms with Crippen LogP contribution in [0.4, 0.5) is 4.39 Å². The molecule has 0 aromatic rings. The number of fused-ring (bicyclic) bond motifs is 1. The molecule has 3 saturated carbocycles. The van der Waals surface area contributed by atoms with Crippen molar-refractivity contribution < 1.29 is 13.9 Å². The number of alkyl halides is 1. The molecule has 0 heterocycles. The highest BCUT2D eigenvalue weighted by molar-refractivity contribution is 5.57. The van der Waals surface area contributed by atoms with E-state index in [-0.39, 0.29) is 27.8 Å². The second-order valence-electron chi connectivity index (χ2n) is 10.1. The van der Waals surface area contributed by atoms with Gasteiger partial charge in [0.25, 0.3) is 0 Å². The van der Waals surface area contributed by atoms with Crippen LogP contribution in [0, 0.1) is 34.0 Å². The topological polar surface area (TPSA) is 26.3 Å². The number of allylic oxidation sites excluding steroid dienone is 2. The van der Waals surface area contributed by atoms with E-state index < -0.39 is 6.17 Å². The van der Waals surface area contributed by atoms with Crippen molar-refractivity contribution in [1.29, 1.82) is 0 Å². The molecule has 5 unspecified atom stereocenters. The van der Waals surface area contributed by atoms with Gasteiger partial charge in [-0.3, -0.25) is 0 Å². The smallest absolute Gasteiger partial charge is 0.120 e. The molecule has 142 valence electrons. The monoisotopic (exact) mass is 358 g/mol. The Balaban J connectivity index is 1.29. The number of carbonyl (C=O) groups excluding carboxylic acids is 1. The number of halogens is 1. The van der Waals surface area contributed by atoms with Crippen molar-refractivity contribution in [2.24, 2.45) is 34.0 Å². The van der Waals surface area contributed by atoms with E-state index in [0.717, 1.165) is 38.4 Å². The Morgan fingerprint density at radius 3 is 2.77 bits per heavy atom. The van der Waals surface area contributed by atoms with Gasteiger partial charge in [0.05, 0.1) is 5.60 Å². The number of rotatable bonds is 7. The Hall–Kier alpha value is -0.960. The van der Waals surface area contributed by atoms with Crippen LogP contribution in [0.1, 0.15) is 59.3 Å². The molecule has 0 bridgehead atoms. The molecule has 5 aliphatic carbocycles. The lowest BCUT2D eigenvalue weighted by Gasteiger charge is -2.66. The molecular weight excluding hydrogens is 327 g/mol. The molecule has 7 atom stereocenters. The Labute approximate surface area is 156 Å². The molecule has 0 aromatic heterocycles. The van der Waals surface area contributed by atoms with Crippen molar-refractivity contribution in [3.63, 3.8) is 0 Å². The fourth-order valence-electron chi connectivity index (χ4n) is 7.77. The van der Waals surface area contributed by atoms with Gasteiger partial charge in [0.15, 0.2) is 0 Å². The van der Waals surface area contributed by atoms with Gasteiger partial charge in [0.1, 0.15) is 12.5 Å². The minimum absolute atomic E-state index is 0.0755. The lowest BCUT2D eigenvalue weighted by molar-refractivity contribution is -0.210. The number of ether oxygens (including phenoxy) is 1. The number of hydrogen-bond donors (Lipinski definition) is 0. The molecule has 0 saturated heterocycles. The summed E-state index contributed by atoms with van der Waals surface area (Å²) in [5.74, 6) is 1.14. The van der Waals surface area contributed by atoms with Crippen LogP contribution in [-0.2, 0) is 9.53 Å². The molecule has 5 aliphatic rings. The molecule has 0 radical (unpaired) electrons. The van der Waals surface area contributed by atoms with Crippen molar-refractivity contribution in [3.8, 4) is 0 Å². The van der Waals surface area contributed by atoms with Gasteiger partial charge in [-0.25, -0.2) is 4.39 Å². The molecule has 0 aliphatic heterocycles. The van der Waals surface area contributed by atoms with E-state index in [1.54, 1.807) is 0 Å². The maximum atomic E-state index is 14.9. The Kier molecular flexibility index (Phi) is 3.36. The van der Waals surface area contributed by atoms with Crippen molar-refractivity contribution in [2.45, 2.75) is 71.1 Å². The summed E-state index contributed by atoms with van der Waals surface area (Å²) in [6, 6.07) is 0. The predicted molar refractivity (Wildman–Crippen MR) is 99.4 cm³/mol. The quantitative estimate of drug-likeness (QED) is 0.471. The van der Waals surface area contributed by atoms with Crippen LogP contribution in [0.3, 0.4) is 0 Å². The summed E-state index contributed by atoms with van der Waals surface area (Å²) >= 11 is 0. The van der Waals surface area contributed by atoms with Crippen LogP contribution in [0.2, 0.25) is 0 Å². The van der Waals surface area contributed by atoms with Crippen molar-refractivity contribution in [3.05, 3.63) is 23.8 Å². The highest BCUT2D eigenvalue weighted by Gasteiger charge is 2.80. The van der Waals surface area contributed by atoms with E-state index in [4.69, 9.17) is 4.74 Å². The van der Waals surface area contributed by atoms with Gasteiger partial charge < -0.3 is 9.53 Å². The van der Waals surface area contributed by atoms with Crippen LogP contribution in [0.5, 0.6) is 0 Å². The van der Waals surface area contributed by atoms with Gasteiger partial charge >= 0.3 is 0 Å². The van der Waals surface area contributed by atoms with Crippen molar-refractivity contribution >= 4 is 6.29 Å². The zero-order valence-corrected chi connectivity index (χ0v) is 16.3. The largest absolute Gasteiger partial charge is 0.370 e. The summed E-state index contributed by atoms with van der Waals surface area (Å²) < 4.78 is 21.0. The van der Waals surface area contributed by atoms with E-state index in [1.165, 1.54) is 5.57 Å². The van der Waals surface area contributed by atoms with Gasteiger partial charge in [-0.2, -0.15) is 0 Å². The second-order valence-corrected chi connectivity index (χ2v) is 10.1. The molecule has 3 heteroatoms. The van der Waals surface area contributed by atoms with Gasteiger partial charge in [-0.1, -0.05) is 37.6 Å². The van der Waals surface area contributed by atoms with Crippen LogP contribution in [0.15, 0.2) is 23.8 Å². The zero-order chi connectivity index (χ0) is 18.4. The standard InChI is InChI=1S/C23H31FO2/c1-4-26-22-10-9-21(22,11-12-25)17(14-22)6-5-15-13-16-7-8-20(2,3)23(16)18(15)19(23)24/h9-10,12-13,16-19H,4-8,11,14H2,1-3H3/t16?,17?,18-,19?,21+,22?,23?/m1/s1. The van der Waals surface area contributed by atoms with E-state index in [2.05, 4.69) is 32.1 Å². The molecule has 0 amide bonds. The summed E-state index contributed by atoms with van der Waals surface area (Å²) in [6.45, 7) is 7.26.